The number of ether oxygens (including phenoxy) is 4. The minimum Gasteiger partial charge on any atom is -0.756 e. The molecular formula is C28H39FN8O11P-. The molecule has 0 aromatic carbocycles. The monoisotopic (exact) mass is 713 g/mol. The predicted molar refractivity (Wildman–Crippen MR) is 165 cm³/mol. The fraction of sp³-hybridized carbons (Fsp3) is 0.643. The lowest BCUT2D eigenvalue weighted by Crippen LogP contribution is -2.42. The Morgan fingerprint density at radius 2 is 1.86 bits per heavy atom. The van der Waals surface area contributed by atoms with Gasteiger partial charge in [0, 0.05) is 38.3 Å². The number of phosphoric acid groups is 1. The first-order valence-corrected chi connectivity index (χ1v) is 16.9. The number of phosphoric ester groups is 1. The van der Waals surface area contributed by atoms with E-state index in [1.165, 1.54) is 33.6 Å². The Labute approximate surface area is 278 Å². The van der Waals surface area contributed by atoms with Gasteiger partial charge in [-0.2, -0.15) is 0 Å². The molecule has 0 saturated carbocycles. The van der Waals surface area contributed by atoms with Crippen molar-refractivity contribution in [2.45, 2.75) is 89.4 Å². The number of nitrogen functional groups attached to an aromatic ring is 1. The molecule has 1 amide bonds. The summed E-state index contributed by atoms with van der Waals surface area (Å²) in [6.45, 7) is 6.27. The number of nitrogens with two attached hydrogens (primary N) is 1. The number of hydrogen-bond acceptors (Lipinski definition) is 15. The number of carbonyl (C=O) groups is 1. The number of fused-ring (bicyclic) bond motifs is 1. The highest BCUT2D eigenvalue weighted by Gasteiger charge is 2.50. The number of nitrogens with zero attached hydrogens (tertiary/aromatic N) is 5. The van der Waals surface area contributed by atoms with Gasteiger partial charge in [0.15, 0.2) is 30.1 Å². The van der Waals surface area contributed by atoms with Crippen LogP contribution in [0.1, 0.15) is 46.6 Å². The molecule has 4 N–H and O–H groups in total. The van der Waals surface area contributed by atoms with E-state index in [9.17, 15) is 23.8 Å². The van der Waals surface area contributed by atoms with Crippen LogP contribution in [0, 0.1) is 5.92 Å². The molecule has 2 saturated heterocycles. The lowest BCUT2D eigenvalue weighted by Gasteiger charge is -2.30. The predicted octanol–water partition coefficient (Wildman–Crippen LogP) is -0.0673. The van der Waals surface area contributed by atoms with Crippen molar-refractivity contribution >= 4 is 30.7 Å². The summed E-state index contributed by atoms with van der Waals surface area (Å²) in [5.74, 6) is -0.946. The molecule has 0 aliphatic carbocycles. The minimum absolute atomic E-state index is 0.116. The Kier molecular flexibility index (Phi) is 11.3. The maximum absolute atomic E-state index is 15.8. The summed E-state index contributed by atoms with van der Waals surface area (Å²) in [5, 5.41) is 2.64. The van der Waals surface area contributed by atoms with E-state index in [2.05, 4.69) is 20.3 Å². The van der Waals surface area contributed by atoms with Crippen LogP contribution in [-0.2, 0) is 37.4 Å². The fourth-order valence-corrected chi connectivity index (χ4v) is 6.93. The van der Waals surface area contributed by atoms with Crippen molar-refractivity contribution in [3.63, 3.8) is 0 Å². The number of hydrogen-bond donors (Lipinski definition) is 3. The van der Waals surface area contributed by atoms with Crippen molar-refractivity contribution < 1.29 is 46.6 Å². The molecule has 19 nitrogen and oxygen atoms in total. The molecule has 2 aliphatic heterocycles. The molecule has 21 heteroatoms. The highest BCUT2D eigenvalue weighted by atomic mass is 31.2. The number of H-pyrrole nitrogens is 1. The highest BCUT2D eigenvalue weighted by Crippen LogP contribution is 2.46. The quantitative estimate of drug-likeness (QED) is 0.185. The lowest BCUT2D eigenvalue weighted by molar-refractivity contribution is -0.235. The summed E-state index contributed by atoms with van der Waals surface area (Å²) >= 11 is 0. The van der Waals surface area contributed by atoms with Crippen LogP contribution in [0.5, 0.6) is 0 Å². The number of anilines is 1. The van der Waals surface area contributed by atoms with Crippen molar-refractivity contribution in [2.75, 3.05) is 26.0 Å². The second kappa shape index (κ2) is 15.1. The van der Waals surface area contributed by atoms with E-state index in [1.54, 1.807) is 4.57 Å². The molecule has 2 fully saturated rings. The summed E-state index contributed by atoms with van der Waals surface area (Å²) < 4.78 is 64.4. The van der Waals surface area contributed by atoms with Gasteiger partial charge < -0.3 is 43.9 Å². The maximum atomic E-state index is 15.8. The molecule has 1 unspecified atom stereocenters. The van der Waals surface area contributed by atoms with Gasteiger partial charge in [0.25, 0.3) is 13.4 Å². The number of amides is 1. The van der Waals surface area contributed by atoms with Gasteiger partial charge in [-0.1, -0.05) is 0 Å². The lowest BCUT2D eigenvalue weighted by atomic mass is 9.93. The first kappa shape index (κ1) is 36.7. The van der Waals surface area contributed by atoms with E-state index in [4.69, 9.17) is 33.7 Å². The first-order chi connectivity index (χ1) is 23.2. The van der Waals surface area contributed by atoms with Gasteiger partial charge in [-0.15, -0.1) is 0 Å². The smallest absolute Gasteiger partial charge is 0.330 e. The molecule has 9 atom stereocenters. The third-order valence-electron chi connectivity index (χ3n) is 7.93. The molecule has 270 valence electrons. The van der Waals surface area contributed by atoms with Crippen LogP contribution in [0.3, 0.4) is 0 Å². The van der Waals surface area contributed by atoms with Crippen LogP contribution in [-0.4, -0.2) is 98.0 Å². The zero-order valence-electron chi connectivity index (χ0n) is 27.3. The molecule has 49 heavy (non-hydrogen) atoms. The largest absolute Gasteiger partial charge is 0.756 e. The van der Waals surface area contributed by atoms with Crippen LogP contribution in [0.4, 0.5) is 10.2 Å². The Bertz CT molecular complexity index is 1790. The maximum Gasteiger partial charge on any atom is 0.330 e. The number of methoxy groups -OCH3 is 1. The second-order valence-electron chi connectivity index (χ2n) is 12.1. The van der Waals surface area contributed by atoms with Crippen molar-refractivity contribution in [3.8, 4) is 0 Å². The zero-order chi connectivity index (χ0) is 35.6. The molecule has 0 radical (unpaired) electrons. The Balaban J connectivity index is 1.35. The minimum atomic E-state index is -5.07. The third kappa shape index (κ3) is 8.24. The number of rotatable bonds is 14. The standard InChI is InChI=1S/C28H40FN8O11P/c1-13(2)44-10-17-15(22(43-5)27(46-17)37-12-34-21-24(30)32-11-33-25(21)37)8-19(39)31-9-16-23(48-49(41,42)47-14(3)4)20(29)26(45-16)36-7-6-18(38)35-28(36)40/h6-7,11-17,20,22-23,26-27H,8-10H2,1-5H3,(H,31,39)(H,41,42)(H2,30,32,33)(H,35,38,40)/p-1/t15-,16-,17-,20-,22-,23-,26-,27-/m1/s1. The first-order valence-electron chi connectivity index (χ1n) is 15.5. The summed E-state index contributed by atoms with van der Waals surface area (Å²) in [5.41, 5.74) is 4.99. The topological polar surface area (TPSA) is 249 Å². The van der Waals surface area contributed by atoms with Crippen molar-refractivity contribution in [3.05, 3.63) is 45.8 Å². The summed E-state index contributed by atoms with van der Waals surface area (Å²) in [6.07, 6.45) is -6.63. The highest BCUT2D eigenvalue weighted by molar-refractivity contribution is 7.45. The van der Waals surface area contributed by atoms with Crippen LogP contribution >= 0.6 is 7.82 Å². The molecule has 5 rings (SSSR count). The van der Waals surface area contributed by atoms with Crippen LogP contribution in [0.2, 0.25) is 0 Å². The number of carbonyl (C=O) groups excluding carboxylic acids is 1. The summed E-state index contributed by atoms with van der Waals surface area (Å²) in [4.78, 5) is 64.5. The van der Waals surface area contributed by atoms with Gasteiger partial charge in [0.2, 0.25) is 5.91 Å². The van der Waals surface area contributed by atoms with E-state index in [0.717, 1.165) is 16.8 Å². The molecule has 0 bridgehead atoms. The number of imidazole rings is 1. The number of alkyl halides is 1. The molecule has 5 heterocycles. The van der Waals surface area contributed by atoms with E-state index in [-0.39, 0.29) is 24.9 Å². The van der Waals surface area contributed by atoms with Crippen LogP contribution in [0.25, 0.3) is 11.2 Å². The van der Waals surface area contributed by atoms with Gasteiger partial charge in [0.05, 0.1) is 31.2 Å². The Morgan fingerprint density at radius 3 is 2.53 bits per heavy atom. The number of aromatic nitrogens is 6. The third-order valence-corrected chi connectivity index (χ3v) is 9.11. The van der Waals surface area contributed by atoms with Crippen LogP contribution < -0.4 is 27.2 Å². The van der Waals surface area contributed by atoms with Crippen molar-refractivity contribution in [1.82, 2.24) is 34.4 Å². The summed E-state index contributed by atoms with van der Waals surface area (Å²) in [6, 6.07) is 0.972. The number of halogens is 1. The fourth-order valence-electron chi connectivity index (χ4n) is 5.82. The summed E-state index contributed by atoms with van der Waals surface area (Å²) in [7, 11) is -3.60. The molecule has 0 spiro atoms. The van der Waals surface area contributed by atoms with E-state index >= 15 is 4.39 Å². The molecule has 3 aromatic heterocycles. The van der Waals surface area contributed by atoms with Crippen molar-refractivity contribution in [1.29, 1.82) is 0 Å². The second-order valence-corrected chi connectivity index (χ2v) is 13.4. The number of aromatic amines is 1. The Morgan fingerprint density at radius 1 is 1.12 bits per heavy atom. The van der Waals surface area contributed by atoms with E-state index in [1.807, 2.05) is 18.8 Å². The van der Waals surface area contributed by atoms with Gasteiger partial charge in [-0.05, 0) is 27.7 Å². The molecule has 3 aromatic rings. The number of nitrogens with one attached hydrogen (secondary N) is 2. The van der Waals surface area contributed by atoms with E-state index in [0.29, 0.717) is 11.2 Å². The SMILES string of the molecule is CO[C@@H]1[C@H](CC(=O)NC[C@H]2O[C@@H](n3ccc(=O)[nH]c3=O)[C@H](F)[C@@H]2OP(=O)([O-])OC(C)C)[C@@H](COC(C)C)O[C@H]1n1cnc2c(N)ncnc21. The average molecular weight is 714 g/mol. The zero-order valence-corrected chi connectivity index (χ0v) is 28.2. The Hall–Kier alpha value is -3.62. The van der Waals surface area contributed by atoms with Gasteiger partial charge in [-0.25, -0.2) is 24.1 Å². The van der Waals surface area contributed by atoms with Gasteiger partial charge in [0.1, 0.15) is 30.2 Å². The van der Waals surface area contributed by atoms with Gasteiger partial charge >= 0.3 is 5.69 Å². The molecule has 2 aliphatic rings. The van der Waals surface area contributed by atoms with Crippen molar-refractivity contribution in [2.24, 2.45) is 5.92 Å². The molecular weight excluding hydrogens is 674 g/mol. The normalized spacial score (nSPS) is 28.4. The van der Waals surface area contributed by atoms with Gasteiger partial charge in [-0.3, -0.25) is 28.3 Å². The van der Waals surface area contributed by atoms with Crippen LogP contribution in [0.15, 0.2) is 34.5 Å². The average Bonchev–Trinajstić information content (AvgIpc) is 3.68. The van der Waals surface area contributed by atoms with E-state index < -0.39 is 86.6 Å².